The first-order valence-corrected chi connectivity index (χ1v) is 9.30. The second-order valence-corrected chi connectivity index (χ2v) is 7.86. The second kappa shape index (κ2) is 8.44. The van der Waals surface area contributed by atoms with Crippen LogP contribution in [0.4, 0.5) is 4.79 Å². The minimum Gasteiger partial charge on any atom is -0.489 e. The molecule has 27 heavy (non-hydrogen) atoms. The molecular formula is C22H27NO4. The van der Waals surface area contributed by atoms with Gasteiger partial charge in [-0.3, -0.25) is 4.84 Å². The number of carbonyl (C=O) groups excluding carboxylic acids is 1. The van der Waals surface area contributed by atoms with Gasteiger partial charge in [-0.1, -0.05) is 42.5 Å². The lowest BCUT2D eigenvalue weighted by Gasteiger charge is -2.35. The first-order chi connectivity index (χ1) is 12.9. The molecule has 0 heterocycles. The van der Waals surface area contributed by atoms with Crippen LogP contribution in [0.2, 0.25) is 0 Å². The lowest BCUT2D eigenvalue weighted by atomic mass is 9.77. The third kappa shape index (κ3) is 6.00. The first-order valence-electron chi connectivity index (χ1n) is 9.30. The molecular weight excluding hydrogens is 342 g/mol. The molecule has 1 N–H and O–H groups in total. The molecule has 1 fully saturated rings. The van der Waals surface area contributed by atoms with Crippen LogP contribution in [0.15, 0.2) is 54.6 Å². The Morgan fingerprint density at radius 3 is 2.52 bits per heavy atom. The highest BCUT2D eigenvalue weighted by Crippen LogP contribution is 2.39. The molecule has 1 saturated carbocycles. The molecule has 0 aromatic heterocycles. The number of ether oxygens (including phenoxy) is 2. The van der Waals surface area contributed by atoms with Gasteiger partial charge in [-0.15, -0.1) is 0 Å². The molecule has 0 aliphatic heterocycles. The van der Waals surface area contributed by atoms with E-state index in [1.807, 2.05) is 51.1 Å². The summed E-state index contributed by atoms with van der Waals surface area (Å²) in [5.41, 5.74) is 4.23. The summed E-state index contributed by atoms with van der Waals surface area (Å²) >= 11 is 0. The van der Waals surface area contributed by atoms with E-state index in [-0.39, 0.29) is 6.10 Å². The van der Waals surface area contributed by atoms with Gasteiger partial charge in [-0.25, -0.2) is 4.79 Å². The fourth-order valence-electron chi connectivity index (χ4n) is 2.96. The van der Waals surface area contributed by atoms with Gasteiger partial charge < -0.3 is 9.47 Å². The third-order valence-electron chi connectivity index (χ3n) is 4.38. The monoisotopic (exact) mass is 369 g/mol. The molecule has 0 spiro atoms. The Hall–Kier alpha value is -2.53. The molecule has 0 bridgehead atoms. The minimum absolute atomic E-state index is 0.0106. The van der Waals surface area contributed by atoms with Crippen molar-refractivity contribution in [3.63, 3.8) is 0 Å². The van der Waals surface area contributed by atoms with Crippen molar-refractivity contribution in [2.24, 2.45) is 0 Å². The molecule has 0 saturated heterocycles. The van der Waals surface area contributed by atoms with Crippen LogP contribution >= 0.6 is 0 Å². The molecule has 1 amide bonds. The van der Waals surface area contributed by atoms with Crippen molar-refractivity contribution in [3.8, 4) is 5.75 Å². The van der Waals surface area contributed by atoms with Crippen LogP contribution in [-0.2, 0) is 16.2 Å². The summed E-state index contributed by atoms with van der Waals surface area (Å²) in [5, 5.41) is 0. The molecule has 144 valence electrons. The Kier molecular flexibility index (Phi) is 6.01. The van der Waals surface area contributed by atoms with Gasteiger partial charge in [0, 0.05) is 0 Å². The summed E-state index contributed by atoms with van der Waals surface area (Å²) in [7, 11) is 0. The van der Waals surface area contributed by atoms with Crippen LogP contribution in [0.5, 0.6) is 5.75 Å². The zero-order valence-electron chi connectivity index (χ0n) is 16.1. The molecule has 5 heteroatoms. The molecule has 1 aliphatic rings. The molecule has 1 aliphatic carbocycles. The highest BCUT2D eigenvalue weighted by atomic mass is 16.7. The van der Waals surface area contributed by atoms with Crippen molar-refractivity contribution in [2.75, 3.05) is 0 Å². The smallest absolute Gasteiger partial charge is 0.431 e. The van der Waals surface area contributed by atoms with Crippen LogP contribution in [0.25, 0.3) is 0 Å². The topological polar surface area (TPSA) is 56.8 Å². The summed E-state index contributed by atoms with van der Waals surface area (Å²) in [6, 6.07) is 18.3. The van der Waals surface area contributed by atoms with E-state index in [2.05, 4.69) is 29.7 Å². The van der Waals surface area contributed by atoms with Crippen LogP contribution in [-0.4, -0.2) is 17.8 Å². The Bertz CT molecular complexity index is 748. The van der Waals surface area contributed by atoms with Gasteiger partial charge >= 0.3 is 6.09 Å². The number of hydrogen-bond acceptors (Lipinski definition) is 4. The lowest BCUT2D eigenvalue weighted by molar-refractivity contribution is -0.0764. The lowest BCUT2D eigenvalue weighted by Crippen LogP contribution is -2.39. The Morgan fingerprint density at radius 2 is 1.81 bits per heavy atom. The molecule has 0 atom stereocenters. The predicted octanol–water partition coefficient (Wildman–Crippen LogP) is 4.97. The zero-order chi connectivity index (χ0) is 19.3. The van der Waals surface area contributed by atoms with Gasteiger partial charge in [0.15, 0.2) is 0 Å². The Balaban J connectivity index is 1.43. The molecule has 0 radical (unpaired) electrons. The van der Waals surface area contributed by atoms with Crippen LogP contribution in [0, 0.1) is 0 Å². The quantitative estimate of drug-likeness (QED) is 0.731. The van der Waals surface area contributed by atoms with Crippen molar-refractivity contribution in [1.29, 1.82) is 0 Å². The molecule has 3 rings (SSSR count). The maximum absolute atomic E-state index is 11.6. The average molecular weight is 369 g/mol. The fraction of sp³-hybridized carbons (Fsp3) is 0.409. The number of carbonyl (C=O) groups is 1. The maximum Gasteiger partial charge on any atom is 0.431 e. The molecule has 2 aromatic carbocycles. The number of nitrogens with one attached hydrogen (secondary N) is 1. The summed E-state index contributed by atoms with van der Waals surface area (Å²) in [4.78, 5) is 17.0. The van der Waals surface area contributed by atoms with Crippen molar-refractivity contribution < 1.29 is 19.1 Å². The summed E-state index contributed by atoms with van der Waals surface area (Å²) in [6.45, 7) is 6.01. The normalized spacial score (nSPS) is 19.1. The van der Waals surface area contributed by atoms with Crippen LogP contribution in [0.3, 0.4) is 0 Å². The molecule has 5 nitrogen and oxygen atoms in total. The number of rotatable bonds is 6. The molecule has 2 aromatic rings. The SMILES string of the molecule is CC(C)(C)OC(=O)NOC1CC(c2cccc(OCc3ccccc3)c2)C1. The van der Waals surface area contributed by atoms with Gasteiger partial charge in [0.2, 0.25) is 0 Å². The summed E-state index contributed by atoms with van der Waals surface area (Å²) < 4.78 is 11.1. The van der Waals surface area contributed by atoms with E-state index in [1.54, 1.807) is 0 Å². The second-order valence-electron chi connectivity index (χ2n) is 7.86. The Labute approximate surface area is 160 Å². The Morgan fingerprint density at radius 1 is 1.07 bits per heavy atom. The van der Waals surface area contributed by atoms with Crippen molar-refractivity contribution in [3.05, 3.63) is 65.7 Å². The predicted molar refractivity (Wildman–Crippen MR) is 103 cm³/mol. The van der Waals surface area contributed by atoms with Gasteiger partial charge in [0.1, 0.15) is 18.0 Å². The zero-order valence-corrected chi connectivity index (χ0v) is 16.1. The van der Waals surface area contributed by atoms with E-state index in [0.717, 1.165) is 24.2 Å². The fourth-order valence-corrected chi connectivity index (χ4v) is 2.96. The first kappa shape index (κ1) is 19.2. The van der Waals surface area contributed by atoms with Crippen molar-refractivity contribution in [1.82, 2.24) is 5.48 Å². The van der Waals surface area contributed by atoms with E-state index in [0.29, 0.717) is 12.5 Å². The third-order valence-corrected chi connectivity index (χ3v) is 4.38. The summed E-state index contributed by atoms with van der Waals surface area (Å²) in [5.74, 6) is 1.28. The largest absolute Gasteiger partial charge is 0.489 e. The van der Waals surface area contributed by atoms with E-state index in [1.165, 1.54) is 5.56 Å². The maximum atomic E-state index is 11.6. The standard InChI is InChI=1S/C22H27NO4/c1-22(2,3)26-21(24)23-27-20-13-18(14-20)17-10-7-11-19(12-17)25-15-16-8-5-4-6-9-16/h4-12,18,20H,13-15H2,1-3H3,(H,23,24). The van der Waals surface area contributed by atoms with Crippen LogP contribution < -0.4 is 10.2 Å². The number of hydroxylamine groups is 1. The minimum atomic E-state index is -0.553. The number of amides is 1. The van der Waals surface area contributed by atoms with Gasteiger partial charge in [-0.05, 0) is 62.8 Å². The molecule has 0 unspecified atom stereocenters. The van der Waals surface area contributed by atoms with Crippen LogP contribution in [0.1, 0.15) is 50.7 Å². The van der Waals surface area contributed by atoms with E-state index in [9.17, 15) is 4.79 Å². The average Bonchev–Trinajstić information content (AvgIpc) is 2.58. The highest BCUT2D eigenvalue weighted by molar-refractivity contribution is 5.66. The van der Waals surface area contributed by atoms with Gasteiger partial charge in [0.05, 0.1) is 6.10 Å². The number of hydrogen-bond donors (Lipinski definition) is 1. The van der Waals surface area contributed by atoms with E-state index in [4.69, 9.17) is 14.3 Å². The summed E-state index contributed by atoms with van der Waals surface area (Å²) in [6.07, 6.45) is 1.18. The number of benzene rings is 2. The van der Waals surface area contributed by atoms with Crippen molar-refractivity contribution >= 4 is 6.09 Å². The van der Waals surface area contributed by atoms with Gasteiger partial charge in [0.25, 0.3) is 0 Å². The highest BCUT2D eigenvalue weighted by Gasteiger charge is 2.32. The van der Waals surface area contributed by atoms with E-state index >= 15 is 0 Å². The van der Waals surface area contributed by atoms with Gasteiger partial charge in [-0.2, -0.15) is 5.48 Å². The van der Waals surface area contributed by atoms with E-state index < -0.39 is 11.7 Å². The van der Waals surface area contributed by atoms with Crippen molar-refractivity contribution in [2.45, 2.75) is 57.8 Å².